The first-order valence-corrected chi connectivity index (χ1v) is 9.01. The zero-order valence-electron chi connectivity index (χ0n) is 14.7. The van der Waals surface area contributed by atoms with E-state index in [1.54, 1.807) is 7.11 Å². The lowest BCUT2D eigenvalue weighted by Crippen LogP contribution is -2.16. The van der Waals surface area contributed by atoms with Gasteiger partial charge < -0.3 is 10.1 Å². The largest absolute Gasteiger partial charge is 0.495 e. The molecule has 3 aromatic rings. The standard InChI is InChI=1S/C21H19ClN2O2/c1-12-6-9-19(26-2)18(10-12)24-21(25)20-14-4-3-5-16(14)23-17-8-7-13(22)11-15(17)20/h6-11H,3-5H2,1-2H3,(H,24,25). The number of methoxy groups -OCH3 is 1. The van der Waals surface area contributed by atoms with Crippen molar-refractivity contribution in [2.45, 2.75) is 26.2 Å². The Labute approximate surface area is 157 Å². The number of pyridine rings is 1. The average Bonchev–Trinajstić information content (AvgIpc) is 3.07. The molecule has 0 bridgehead atoms. The number of ether oxygens (including phenoxy) is 1. The molecule has 1 N–H and O–H groups in total. The number of benzene rings is 2. The molecule has 1 heterocycles. The van der Waals surface area contributed by atoms with Crippen LogP contribution in [0.5, 0.6) is 5.75 Å². The van der Waals surface area contributed by atoms with Crippen LogP contribution in [-0.4, -0.2) is 18.0 Å². The second-order valence-corrected chi connectivity index (χ2v) is 7.02. The maximum atomic E-state index is 13.2. The number of aromatic nitrogens is 1. The fraction of sp³-hybridized carbons (Fsp3) is 0.238. The summed E-state index contributed by atoms with van der Waals surface area (Å²) in [6.07, 6.45) is 2.78. The molecule has 0 atom stereocenters. The van der Waals surface area contributed by atoms with E-state index in [4.69, 9.17) is 21.3 Å². The van der Waals surface area contributed by atoms with Crippen LogP contribution < -0.4 is 10.1 Å². The second kappa shape index (κ2) is 6.61. The van der Waals surface area contributed by atoms with Crippen LogP contribution in [0.3, 0.4) is 0 Å². The van der Waals surface area contributed by atoms with Crippen LogP contribution in [0, 0.1) is 6.92 Å². The van der Waals surface area contributed by atoms with E-state index < -0.39 is 0 Å². The number of carbonyl (C=O) groups is 1. The van der Waals surface area contributed by atoms with E-state index >= 15 is 0 Å². The highest BCUT2D eigenvalue weighted by Crippen LogP contribution is 2.33. The smallest absolute Gasteiger partial charge is 0.256 e. The maximum Gasteiger partial charge on any atom is 0.256 e. The molecule has 0 unspecified atom stereocenters. The summed E-state index contributed by atoms with van der Waals surface area (Å²) in [6, 6.07) is 11.2. The molecule has 0 saturated heterocycles. The molecule has 4 nitrogen and oxygen atoms in total. The van der Waals surface area contributed by atoms with Crippen molar-refractivity contribution in [3.05, 3.63) is 63.8 Å². The van der Waals surface area contributed by atoms with Crippen LogP contribution in [0.2, 0.25) is 5.02 Å². The van der Waals surface area contributed by atoms with Crippen LogP contribution in [0.25, 0.3) is 10.9 Å². The minimum atomic E-state index is -0.151. The minimum absolute atomic E-state index is 0.151. The van der Waals surface area contributed by atoms with Gasteiger partial charge in [-0.15, -0.1) is 0 Å². The van der Waals surface area contributed by atoms with Gasteiger partial charge >= 0.3 is 0 Å². The van der Waals surface area contributed by atoms with Crippen LogP contribution in [0.1, 0.15) is 33.6 Å². The molecule has 5 heteroatoms. The van der Waals surface area contributed by atoms with Crippen molar-refractivity contribution in [1.82, 2.24) is 4.98 Å². The quantitative estimate of drug-likeness (QED) is 0.713. The summed E-state index contributed by atoms with van der Waals surface area (Å²) in [4.78, 5) is 18.0. The first-order valence-electron chi connectivity index (χ1n) is 8.64. The van der Waals surface area contributed by atoms with Gasteiger partial charge in [-0.2, -0.15) is 0 Å². The Morgan fingerprint density at radius 3 is 2.85 bits per heavy atom. The predicted octanol–water partition coefficient (Wildman–Crippen LogP) is 4.95. The molecule has 2 aromatic carbocycles. The number of fused-ring (bicyclic) bond motifs is 2. The lowest BCUT2D eigenvalue weighted by Gasteiger charge is -2.15. The van der Waals surface area contributed by atoms with Gasteiger partial charge in [0.15, 0.2) is 0 Å². The van der Waals surface area contributed by atoms with Gasteiger partial charge in [-0.25, -0.2) is 0 Å². The van der Waals surface area contributed by atoms with Crippen molar-refractivity contribution in [1.29, 1.82) is 0 Å². The number of nitrogens with one attached hydrogen (secondary N) is 1. The summed E-state index contributed by atoms with van der Waals surface area (Å²) in [5.41, 5.74) is 5.24. The topological polar surface area (TPSA) is 51.2 Å². The lowest BCUT2D eigenvalue weighted by atomic mass is 10.0. The van der Waals surface area contributed by atoms with Gasteiger partial charge in [0.1, 0.15) is 5.75 Å². The maximum absolute atomic E-state index is 13.2. The molecule has 0 fully saturated rings. The van der Waals surface area contributed by atoms with Crippen LogP contribution in [-0.2, 0) is 12.8 Å². The Hall–Kier alpha value is -2.59. The van der Waals surface area contributed by atoms with Crippen molar-refractivity contribution < 1.29 is 9.53 Å². The van der Waals surface area contributed by atoms with Crippen LogP contribution >= 0.6 is 11.6 Å². The van der Waals surface area contributed by atoms with E-state index in [9.17, 15) is 4.79 Å². The van der Waals surface area contributed by atoms with E-state index in [0.717, 1.165) is 47.0 Å². The first-order chi connectivity index (χ1) is 12.6. The van der Waals surface area contributed by atoms with Crippen molar-refractivity contribution in [2.24, 2.45) is 0 Å². The number of nitrogens with zero attached hydrogens (tertiary/aromatic N) is 1. The number of hydrogen-bond acceptors (Lipinski definition) is 3. The molecule has 0 saturated carbocycles. The van der Waals surface area contributed by atoms with Crippen molar-refractivity contribution in [2.75, 3.05) is 12.4 Å². The Morgan fingerprint density at radius 2 is 2.04 bits per heavy atom. The second-order valence-electron chi connectivity index (χ2n) is 6.58. The van der Waals surface area contributed by atoms with Crippen molar-refractivity contribution in [3.8, 4) is 5.75 Å². The number of carbonyl (C=O) groups excluding carboxylic acids is 1. The van der Waals surface area contributed by atoms with Crippen molar-refractivity contribution in [3.63, 3.8) is 0 Å². The van der Waals surface area contributed by atoms with Gasteiger partial charge in [0, 0.05) is 16.1 Å². The van der Waals surface area contributed by atoms with Gasteiger partial charge in [-0.3, -0.25) is 9.78 Å². The highest BCUT2D eigenvalue weighted by atomic mass is 35.5. The fourth-order valence-electron chi connectivity index (χ4n) is 3.60. The lowest BCUT2D eigenvalue weighted by molar-refractivity contribution is 0.102. The molecule has 0 spiro atoms. The first kappa shape index (κ1) is 16.9. The molecule has 0 radical (unpaired) electrons. The molecule has 26 heavy (non-hydrogen) atoms. The number of hydrogen-bond donors (Lipinski definition) is 1. The third-order valence-electron chi connectivity index (χ3n) is 4.80. The molecule has 1 aromatic heterocycles. The number of anilines is 1. The van der Waals surface area contributed by atoms with Gasteiger partial charge in [-0.1, -0.05) is 17.7 Å². The fourth-order valence-corrected chi connectivity index (χ4v) is 3.77. The molecule has 1 aliphatic carbocycles. The molecule has 4 rings (SSSR count). The zero-order valence-corrected chi connectivity index (χ0v) is 15.5. The zero-order chi connectivity index (χ0) is 18.3. The van der Waals surface area contributed by atoms with Gasteiger partial charge in [0.05, 0.1) is 23.9 Å². The van der Waals surface area contributed by atoms with Gasteiger partial charge in [-0.05, 0) is 67.6 Å². The number of rotatable bonds is 3. The van der Waals surface area contributed by atoms with Crippen molar-refractivity contribution >= 4 is 34.1 Å². The van der Waals surface area contributed by atoms with E-state index in [1.165, 1.54) is 0 Å². The molecule has 1 amide bonds. The summed E-state index contributed by atoms with van der Waals surface area (Å²) < 4.78 is 5.39. The Kier molecular flexibility index (Phi) is 4.29. The Bertz CT molecular complexity index is 1030. The van der Waals surface area contributed by atoms with Gasteiger partial charge in [0.25, 0.3) is 5.91 Å². The van der Waals surface area contributed by atoms with E-state index in [1.807, 2.05) is 43.3 Å². The van der Waals surface area contributed by atoms with Crippen LogP contribution in [0.15, 0.2) is 36.4 Å². The predicted molar refractivity (Wildman–Crippen MR) is 104 cm³/mol. The SMILES string of the molecule is COc1ccc(C)cc1NC(=O)c1c2c(nc3ccc(Cl)cc13)CCC2. The number of halogens is 1. The van der Waals surface area contributed by atoms with Crippen LogP contribution in [0.4, 0.5) is 5.69 Å². The minimum Gasteiger partial charge on any atom is -0.495 e. The third kappa shape index (κ3) is 2.90. The van der Waals surface area contributed by atoms with E-state index in [-0.39, 0.29) is 5.91 Å². The average molecular weight is 367 g/mol. The summed E-state index contributed by atoms with van der Waals surface area (Å²) in [6.45, 7) is 1.98. The number of amides is 1. The van der Waals surface area contributed by atoms with E-state index in [0.29, 0.717) is 22.0 Å². The summed E-state index contributed by atoms with van der Waals surface area (Å²) in [5.74, 6) is 0.485. The Balaban J connectivity index is 1.85. The molecule has 132 valence electrons. The third-order valence-corrected chi connectivity index (χ3v) is 5.04. The molecular weight excluding hydrogens is 348 g/mol. The summed E-state index contributed by atoms with van der Waals surface area (Å²) in [7, 11) is 1.60. The number of aryl methyl sites for hydroxylation is 2. The van der Waals surface area contributed by atoms with Gasteiger partial charge in [0.2, 0.25) is 0 Å². The Morgan fingerprint density at radius 1 is 1.19 bits per heavy atom. The summed E-state index contributed by atoms with van der Waals surface area (Å²) in [5, 5.41) is 4.42. The molecule has 0 aliphatic heterocycles. The molecule has 1 aliphatic rings. The highest BCUT2D eigenvalue weighted by Gasteiger charge is 2.24. The summed E-state index contributed by atoms with van der Waals surface area (Å²) >= 11 is 6.20. The normalized spacial score (nSPS) is 12.9. The highest BCUT2D eigenvalue weighted by molar-refractivity contribution is 6.31. The molecular formula is C21H19ClN2O2. The van der Waals surface area contributed by atoms with E-state index in [2.05, 4.69) is 5.32 Å². The monoisotopic (exact) mass is 366 g/mol.